The molecule has 0 unspecified atom stereocenters. The van der Waals surface area contributed by atoms with Crippen LogP contribution in [0.25, 0.3) is 0 Å². The standard InChI is InChI=1S/C10H14N2O2/c1-2-7-5-11-6-8-9(14-7)3-4-10(13)12-8/h3-4,7,11H,2,5-6H2,1H3,(H,12,13)/t7-/m0/s1. The molecule has 14 heavy (non-hydrogen) atoms. The molecule has 76 valence electrons. The molecule has 0 radical (unpaired) electrons. The van der Waals surface area contributed by atoms with Gasteiger partial charge in [0.1, 0.15) is 11.9 Å². The second-order valence-electron chi connectivity index (χ2n) is 3.44. The molecule has 0 saturated carbocycles. The van der Waals surface area contributed by atoms with E-state index in [2.05, 4.69) is 17.2 Å². The smallest absolute Gasteiger partial charge is 0.248 e. The Morgan fingerprint density at radius 2 is 2.43 bits per heavy atom. The normalized spacial score (nSPS) is 20.8. The number of hydrogen-bond donors (Lipinski definition) is 2. The van der Waals surface area contributed by atoms with Gasteiger partial charge in [0.05, 0.1) is 5.69 Å². The number of pyridine rings is 1. The topological polar surface area (TPSA) is 54.1 Å². The number of fused-ring (bicyclic) bond motifs is 1. The maximum atomic E-state index is 11.1. The summed E-state index contributed by atoms with van der Waals surface area (Å²) < 4.78 is 5.73. The minimum atomic E-state index is -0.0795. The van der Waals surface area contributed by atoms with Crippen molar-refractivity contribution in [2.45, 2.75) is 26.0 Å². The molecule has 2 heterocycles. The number of nitrogens with one attached hydrogen (secondary N) is 2. The van der Waals surface area contributed by atoms with Crippen LogP contribution in [0, 0.1) is 0 Å². The highest BCUT2D eigenvalue weighted by Crippen LogP contribution is 2.18. The molecular weight excluding hydrogens is 180 g/mol. The van der Waals surface area contributed by atoms with Crippen molar-refractivity contribution in [2.24, 2.45) is 0 Å². The third-order valence-electron chi connectivity index (χ3n) is 2.38. The second kappa shape index (κ2) is 3.84. The van der Waals surface area contributed by atoms with Gasteiger partial charge in [0.2, 0.25) is 5.56 Å². The third kappa shape index (κ3) is 1.80. The van der Waals surface area contributed by atoms with E-state index in [-0.39, 0.29) is 11.7 Å². The van der Waals surface area contributed by atoms with Gasteiger partial charge in [-0.05, 0) is 12.5 Å². The largest absolute Gasteiger partial charge is 0.487 e. The minimum Gasteiger partial charge on any atom is -0.487 e. The van der Waals surface area contributed by atoms with Crippen molar-refractivity contribution >= 4 is 0 Å². The Hall–Kier alpha value is -1.29. The monoisotopic (exact) mass is 194 g/mol. The van der Waals surface area contributed by atoms with Crippen molar-refractivity contribution < 1.29 is 4.74 Å². The average Bonchev–Trinajstić information content (AvgIpc) is 2.38. The molecule has 0 fully saturated rings. The summed E-state index contributed by atoms with van der Waals surface area (Å²) in [6.45, 7) is 3.58. The molecule has 2 rings (SSSR count). The van der Waals surface area contributed by atoms with Crippen LogP contribution in [0.5, 0.6) is 5.75 Å². The molecule has 0 amide bonds. The molecule has 1 atom stereocenters. The summed E-state index contributed by atoms with van der Waals surface area (Å²) in [5, 5.41) is 3.24. The van der Waals surface area contributed by atoms with Crippen LogP contribution in [-0.4, -0.2) is 17.6 Å². The van der Waals surface area contributed by atoms with Gasteiger partial charge in [0.25, 0.3) is 0 Å². The van der Waals surface area contributed by atoms with Crippen molar-refractivity contribution in [2.75, 3.05) is 6.54 Å². The summed E-state index contributed by atoms with van der Waals surface area (Å²) in [4.78, 5) is 13.8. The van der Waals surface area contributed by atoms with Crippen LogP contribution < -0.4 is 15.6 Å². The lowest BCUT2D eigenvalue weighted by Crippen LogP contribution is -2.27. The lowest BCUT2D eigenvalue weighted by Gasteiger charge is -2.14. The van der Waals surface area contributed by atoms with Crippen LogP contribution in [0.15, 0.2) is 16.9 Å². The molecule has 0 saturated heterocycles. The zero-order valence-electron chi connectivity index (χ0n) is 8.17. The maximum absolute atomic E-state index is 11.1. The van der Waals surface area contributed by atoms with E-state index in [1.165, 1.54) is 6.07 Å². The maximum Gasteiger partial charge on any atom is 0.248 e. The van der Waals surface area contributed by atoms with Gasteiger partial charge in [0, 0.05) is 19.2 Å². The molecule has 2 N–H and O–H groups in total. The molecule has 1 aliphatic heterocycles. The fraction of sp³-hybridized carbons (Fsp3) is 0.500. The van der Waals surface area contributed by atoms with Crippen molar-refractivity contribution in [1.82, 2.24) is 10.3 Å². The van der Waals surface area contributed by atoms with E-state index in [9.17, 15) is 4.79 Å². The van der Waals surface area contributed by atoms with Gasteiger partial charge in [-0.2, -0.15) is 0 Å². The molecule has 0 spiro atoms. The first kappa shape index (κ1) is 9.27. The Morgan fingerprint density at radius 3 is 3.21 bits per heavy atom. The Balaban J connectivity index is 2.32. The molecule has 0 aliphatic carbocycles. The Labute approximate surface area is 82.3 Å². The fourth-order valence-electron chi connectivity index (χ4n) is 1.55. The van der Waals surface area contributed by atoms with E-state index >= 15 is 0 Å². The molecule has 1 aromatic heterocycles. The van der Waals surface area contributed by atoms with Gasteiger partial charge >= 0.3 is 0 Å². The van der Waals surface area contributed by atoms with Gasteiger partial charge in [0.15, 0.2) is 0 Å². The quantitative estimate of drug-likeness (QED) is 0.689. The number of rotatable bonds is 1. The molecule has 1 aromatic rings. The van der Waals surface area contributed by atoms with E-state index in [4.69, 9.17) is 4.74 Å². The number of ether oxygens (including phenoxy) is 1. The predicted molar refractivity (Wildman–Crippen MR) is 53.5 cm³/mol. The second-order valence-corrected chi connectivity index (χ2v) is 3.44. The molecule has 0 aromatic carbocycles. The van der Waals surface area contributed by atoms with Crippen molar-refractivity contribution in [3.63, 3.8) is 0 Å². The average molecular weight is 194 g/mol. The Morgan fingerprint density at radius 1 is 1.57 bits per heavy atom. The van der Waals surface area contributed by atoms with E-state index in [0.29, 0.717) is 6.54 Å². The van der Waals surface area contributed by atoms with Crippen molar-refractivity contribution in [1.29, 1.82) is 0 Å². The van der Waals surface area contributed by atoms with Crippen LogP contribution in [-0.2, 0) is 6.54 Å². The Kier molecular flexibility index (Phi) is 2.54. The summed E-state index contributed by atoms with van der Waals surface area (Å²) in [6, 6.07) is 3.24. The zero-order chi connectivity index (χ0) is 9.97. The lowest BCUT2D eigenvalue weighted by atomic mass is 10.3. The SMILES string of the molecule is CC[C@H]1CNCc2[nH]c(=O)ccc2O1. The van der Waals surface area contributed by atoms with Crippen LogP contribution in [0.3, 0.4) is 0 Å². The van der Waals surface area contributed by atoms with Gasteiger partial charge in [-0.1, -0.05) is 6.92 Å². The van der Waals surface area contributed by atoms with E-state index in [1.807, 2.05) is 0 Å². The molecule has 1 aliphatic rings. The van der Waals surface area contributed by atoms with Gasteiger partial charge < -0.3 is 15.0 Å². The molecule has 4 nitrogen and oxygen atoms in total. The van der Waals surface area contributed by atoms with Gasteiger partial charge in [-0.15, -0.1) is 0 Å². The first-order valence-corrected chi connectivity index (χ1v) is 4.89. The highest BCUT2D eigenvalue weighted by Gasteiger charge is 2.15. The zero-order valence-corrected chi connectivity index (χ0v) is 8.17. The molecule has 0 bridgehead atoms. The highest BCUT2D eigenvalue weighted by atomic mass is 16.5. The first-order chi connectivity index (χ1) is 6.79. The lowest BCUT2D eigenvalue weighted by molar-refractivity contribution is 0.201. The van der Waals surface area contributed by atoms with Gasteiger partial charge in [-0.25, -0.2) is 0 Å². The van der Waals surface area contributed by atoms with E-state index in [1.54, 1.807) is 6.07 Å². The third-order valence-corrected chi connectivity index (χ3v) is 2.38. The van der Waals surface area contributed by atoms with E-state index < -0.39 is 0 Å². The summed E-state index contributed by atoms with van der Waals surface area (Å²) in [6.07, 6.45) is 1.16. The van der Waals surface area contributed by atoms with Crippen molar-refractivity contribution in [3.05, 3.63) is 28.2 Å². The minimum absolute atomic E-state index is 0.0795. The Bertz CT molecular complexity index is 373. The number of aromatic amines is 1. The summed E-state index contributed by atoms with van der Waals surface area (Å²) in [5.41, 5.74) is 0.762. The molecular formula is C10H14N2O2. The summed E-state index contributed by atoms with van der Waals surface area (Å²) in [5.74, 6) is 0.793. The predicted octanol–water partition coefficient (Wildman–Crippen LogP) is 0.636. The summed E-state index contributed by atoms with van der Waals surface area (Å²) >= 11 is 0. The van der Waals surface area contributed by atoms with Crippen LogP contribution in [0.4, 0.5) is 0 Å². The van der Waals surface area contributed by atoms with E-state index in [0.717, 1.165) is 24.4 Å². The molecule has 4 heteroatoms. The van der Waals surface area contributed by atoms with Gasteiger partial charge in [-0.3, -0.25) is 4.79 Å². The fourth-order valence-corrected chi connectivity index (χ4v) is 1.55. The first-order valence-electron chi connectivity index (χ1n) is 4.89. The number of H-pyrrole nitrogens is 1. The van der Waals surface area contributed by atoms with Crippen molar-refractivity contribution in [3.8, 4) is 5.75 Å². The van der Waals surface area contributed by atoms with Crippen LogP contribution in [0.1, 0.15) is 19.0 Å². The van der Waals surface area contributed by atoms with Crippen LogP contribution >= 0.6 is 0 Å². The highest BCUT2D eigenvalue weighted by molar-refractivity contribution is 5.27. The number of hydrogen-bond acceptors (Lipinski definition) is 3. The van der Waals surface area contributed by atoms with Crippen LogP contribution in [0.2, 0.25) is 0 Å². The number of aromatic nitrogens is 1. The summed E-state index contributed by atoms with van der Waals surface area (Å²) in [7, 11) is 0.